The maximum absolute atomic E-state index is 12.5. The van der Waals surface area contributed by atoms with Crippen LogP contribution < -0.4 is 5.32 Å². The highest BCUT2D eigenvalue weighted by Crippen LogP contribution is 2.22. The number of carbonyl (C=O) groups excluding carboxylic acids is 1. The number of nitrogens with one attached hydrogen (secondary N) is 1. The summed E-state index contributed by atoms with van der Waals surface area (Å²) in [6.07, 6.45) is 9.38. The SMILES string of the molecule is Cc1cccc(-c2noc(CN3CCC(C(=O)NCCCOC4CCCCC4)CC3)n2)c1. The van der Waals surface area contributed by atoms with Crippen LogP contribution in [-0.2, 0) is 16.1 Å². The van der Waals surface area contributed by atoms with E-state index in [-0.39, 0.29) is 11.8 Å². The summed E-state index contributed by atoms with van der Waals surface area (Å²) in [6.45, 7) is 5.87. The van der Waals surface area contributed by atoms with Crippen LogP contribution in [0.4, 0.5) is 0 Å². The molecule has 174 valence electrons. The second kappa shape index (κ2) is 11.6. The Hall–Kier alpha value is -2.25. The molecule has 32 heavy (non-hydrogen) atoms. The van der Waals surface area contributed by atoms with Crippen molar-refractivity contribution >= 4 is 5.91 Å². The van der Waals surface area contributed by atoms with Crippen molar-refractivity contribution in [3.05, 3.63) is 35.7 Å². The van der Waals surface area contributed by atoms with Gasteiger partial charge in [-0.05, 0) is 58.2 Å². The van der Waals surface area contributed by atoms with Crippen LogP contribution in [0.25, 0.3) is 11.4 Å². The van der Waals surface area contributed by atoms with Gasteiger partial charge < -0.3 is 14.6 Å². The maximum atomic E-state index is 12.5. The highest BCUT2D eigenvalue weighted by molar-refractivity contribution is 5.78. The number of likely N-dealkylation sites (tertiary alicyclic amines) is 1. The first-order valence-corrected chi connectivity index (χ1v) is 12.2. The second-order valence-electron chi connectivity index (χ2n) is 9.21. The Kier molecular flexibility index (Phi) is 8.29. The number of hydrogen-bond acceptors (Lipinski definition) is 6. The minimum Gasteiger partial charge on any atom is -0.378 e. The lowest BCUT2D eigenvalue weighted by Gasteiger charge is -2.30. The van der Waals surface area contributed by atoms with Crippen LogP contribution >= 0.6 is 0 Å². The first-order valence-electron chi connectivity index (χ1n) is 12.2. The van der Waals surface area contributed by atoms with Gasteiger partial charge in [0, 0.05) is 24.6 Å². The van der Waals surface area contributed by atoms with E-state index in [0.717, 1.165) is 44.5 Å². The number of piperidine rings is 1. The van der Waals surface area contributed by atoms with Gasteiger partial charge in [-0.15, -0.1) is 0 Å². The Labute approximate surface area is 190 Å². The van der Waals surface area contributed by atoms with Gasteiger partial charge >= 0.3 is 0 Å². The van der Waals surface area contributed by atoms with Crippen molar-refractivity contribution in [3.8, 4) is 11.4 Å². The van der Waals surface area contributed by atoms with Crippen LogP contribution in [0.2, 0.25) is 0 Å². The zero-order valence-corrected chi connectivity index (χ0v) is 19.2. The first kappa shape index (κ1) is 22.9. The normalized spacial score (nSPS) is 18.7. The fraction of sp³-hybridized carbons (Fsp3) is 0.640. The van der Waals surface area contributed by atoms with Gasteiger partial charge in [0.15, 0.2) is 0 Å². The molecule has 2 heterocycles. The lowest BCUT2D eigenvalue weighted by molar-refractivity contribution is -0.126. The van der Waals surface area contributed by atoms with Crippen molar-refractivity contribution in [1.82, 2.24) is 20.4 Å². The van der Waals surface area contributed by atoms with Crippen LogP contribution in [0, 0.1) is 12.8 Å². The van der Waals surface area contributed by atoms with Gasteiger partial charge in [0.25, 0.3) is 0 Å². The summed E-state index contributed by atoms with van der Waals surface area (Å²) in [5, 5.41) is 7.23. The number of hydrogen-bond donors (Lipinski definition) is 1. The number of aromatic nitrogens is 2. The molecule has 1 N–H and O–H groups in total. The topological polar surface area (TPSA) is 80.5 Å². The molecule has 2 aliphatic rings. The minimum atomic E-state index is 0.0936. The summed E-state index contributed by atoms with van der Waals surface area (Å²) in [6, 6.07) is 8.10. The van der Waals surface area contributed by atoms with Gasteiger partial charge in [-0.2, -0.15) is 4.98 Å². The quantitative estimate of drug-likeness (QED) is 0.591. The summed E-state index contributed by atoms with van der Waals surface area (Å²) in [4.78, 5) is 19.3. The molecular weight excluding hydrogens is 404 g/mol. The number of amides is 1. The smallest absolute Gasteiger partial charge is 0.241 e. The van der Waals surface area contributed by atoms with Gasteiger partial charge in [0.05, 0.1) is 12.6 Å². The third-order valence-electron chi connectivity index (χ3n) is 6.59. The molecule has 1 amide bonds. The van der Waals surface area contributed by atoms with Crippen molar-refractivity contribution in [2.75, 3.05) is 26.2 Å². The summed E-state index contributed by atoms with van der Waals surface area (Å²) in [7, 11) is 0. The molecule has 1 aliphatic carbocycles. The van der Waals surface area contributed by atoms with Crippen molar-refractivity contribution in [2.24, 2.45) is 5.92 Å². The molecule has 0 unspecified atom stereocenters. The number of aryl methyl sites for hydroxylation is 1. The van der Waals surface area contributed by atoms with E-state index in [9.17, 15) is 4.79 Å². The molecule has 1 aliphatic heterocycles. The minimum absolute atomic E-state index is 0.0936. The highest BCUT2D eigenvalue weighted by Gasteiger charge is 2.26. The summed E-state index contributed by atoms with van der Waals surface area (Å²) < 4.78 is 11.4. The molecule has 2 fully saturated rings. The monoisotopic (exact) mass is 440 g/mol. The Morgan fingerprint density at radius 3 is 2.78 bits per heavy atom. The van der Waals surface area contributed by atoms with Crippen LogP contribution in [-0.4, -0.2) is 53.3 Å². The van der Waals surface area contributed by atoms with Gasteiger partial charge in [-0.3, -0.25) is 9.69 Å². The first-order chi connectivity index (χ1) is 15.7. The summed E-state index contributed by atoms with van der Waals surface area (Å²) in [5.41, 5.74) is 2.14. The van der Waals surface area contributed by atoms with E-state index >= 15 is 0 Å². The van der Waals surface area contributed by atoms with Crippen LogP contribution in [0.15, 0.2) is 28.8 Å². The zero-order valence-electron chi connectivity index (χ0n) is 19.2. The largest absolute Gasteiger partial charge is 0.378 e. The Balaban J connectivity index is 1.12. The van der Waals surface area contributed by atoms with E-state index in [2.05, 4.69) is 39.4 Å². The number of ether oxygens (including phenoxy) is 1. The van der Waals surface area contributed by atoms with Crippen molar-refractivity contribution in [1.29, 1.82) is 0 Å². The summed E-state index contributed by atoms with van der Waals surface area (Å²) >= 11 is 0. The highest BCUT2D eigenvalue weighted by atomic mass is 16.5. The van der Waals surface area contributed by atoms with Crippen LogP contribution in [0.3, 0.4) is 0 Å². The van der Waals surface area contributed by atoms with Gasteiger partial charge in [0.1, 0.15) is 0 Å². The number of benzene rings is 1. The molecule has 0 atom stereocenters. The predicted molar refractivity (Wildman–Crippen MR) is 123 cm³/mol. The van der Waals surface area contributed by atoms with Crippen molar-refractivity contribution < 1.29 is 14.1 Å². The lowest BCUT2D eigenvalue weighted by Crippen LogP contribution is -2.40. The summed E-state index contributed by atoms with van der Waals surface area (Å²) in [5.74, 6) is 1.53. The maximum Gasteiger partial charge on any atom is 0.241 e. The fourth-order valence-electron chi connectivity index (χ4n) is 4.67. The van der Waals surface area contributed by atoms with Crippen molar-refractivity contribution in [2.45, 2.75) is 70.9 Å². The van der Waals surface area contributed by atoms with E-state index in [0.29, 0.717) is 30.9 Å². The molecular formula is C25H36N4O3. The third-order valence-corrected chi connectivity index (χ3v) is 6.59. The lowest BCUT2D eigenvalue weighted by atomic mass is 9.96. The van der Waals surface area contributed by atoms with E-state index in [1.807, 2.05) is 12.1 Å². The number of carbonyl (C=O) groups is 1. The Morgan fingerprint density at radius 2 is 2.00 bits per heavy atom. The molecule has 0 radical (unpaired) electrons. The molecule has 2 aromatic rings. The fourth-order valence-corrected chi connectivity index (χ4v) is 4.67. The molecule has 1 aromatic carbocycles. The van der Waals surface area contributed by atoms with Crippen LogP contribution in [0.5, 0.6) is 0 Å². The molecule has 0 bridgehead atoms. The average molecular weight is 441 g/mol. The molecule has 4 rings (SSSR count). The number of nitrogens with zero attached hydrogens (tertiary/aromatic N) is 3. The molecule has 0 spiro atoms. The molecule has 1 saturated carbocycles. The van der Waals surface area contributed by atoms with E-state index in [1.165, 1.54) is 37.7 Å². The predicted octanol–water partition coefficient (Wildman–Crippen LogP) is 4.11. The average Bonchev–Trinajstić information content (AvgIpc) is 3.28. The third kappa shape index (κ3) is 6.62. The molecule has 7 heteroatoms. The van der Waals surface area contributed by atoms with E-state index < -0.39 is 0 Å². The Bertz CT molecular complexity index is 854. The van der Waals surface area contributed by atoms with E-state index in [4.69, 9.17) is 9.26 Å². The zero-order chi connectivity index (χ0) is 22.2. The number of rotatable bonds is 9. The second-order valence-corrected chi connectivity index (χ2v) is 9.21. The van der Waals surface area contributed by atoms with Crippen LogP contribution in [0.1, 0.15) is 62.8 Å². The van der Waals surface area contributed by atoms with E-state index in [1.54, 1.807) is 0 Å². The molecule has 7 nitrogen and oxygen atoms in total. The van der Waals surface area contributed by atoms with Crippen molar-refractivity contribution in [3.63, 3.8) is 0 Å². The Morgan fingerprint density at radius 1 is 1.19 bits per heavy atom. The standard InChI is InChI=1S/C25H36N4O3/c1-19-7-5-8-21(17-19)24-27-23(32-28-24)18-29-14-11-20(12-15-29)25(30)26-13-6-16-31-22-9-3-2-4-10-22/h5,7-8,17,20,22H,2-4,6,9-16,18H2,1H3,(H,26,30). The molecule has 1 aromatic heterocycles. The van der Waals surface area contributed by atoms with Gasteiger partial charge in [-0.25, -0.2) is 0 Å². The van der Waals surface area contributed by atoms with Gasteiger partial charge in [-0.1, -0.05) is 48.2 Å². The molecule has 1 saturated heterocycles. The van der Waals surface area contributed by atoms with Gasteiger partial charge in [0.2, 0.25) is 17.6 Å².